The Hall–Kier alpha value is -0.520. The average molecular weight is 358 g/mol. The highest BCUT2D eigenvalue weighted by Gasteiger charge is 2.27. The molecule has 1 aromatic carbocycles. The van der Waals surface area contributed by atoms with Crippen LogP contribution in [0.15, 0.2) is 27.6 Å². The highest BCUT2D eigenvalue weighted by molar-refractivity contribution is 9.10. The molecule has 5 heteroatoms. The first-order valence-electron chi connectivity index (χ1n) is 6.82. The fraction of sp³-hybridized carbons (Fsp3) is 0.533. The first-order chi connectivity index (χ1) is 9.47. The third kappa shape index (κ3) is 3.99. The summed E-state index contributed by atoms with van der Waals surface area (Å²) in [5, 5.41) is 9.85. The predicted octanol–water partition coefficient (Wildman–Crippen LogP) is 3.08. The number of carbonyl (C=O) groups is 1. The van der Waals surface area contributed by atoms with E-state index in [1.54, 1.807) is 16.7 Å². The fourth-order valence-corrected chi connectivity index (χ4v) is 3.67. The molecule has 20 heavy (non-hydrogen) atoms. The summed E-state index contributed by atoms with van der Waals surface area (Å²) in [4.78, 5) is 15.1. The number of amides is 1. The van der Waals surface area contributed by atoms with Gasteiger partial charge in [0, 0.05) is 22.5 Å². The van der Waals surface area contributed by atoms with Gasteiger partial charge in [-0.25, -0.2) is 0 Å². The zero-order chi connectivity index (χ0) is 14.7. The van der Waals surface area contributed by atoms with Crippen LogP contribution in [0, 0.1) is 12.8 Å². The lowest BCUT2D eigenvalue weighted by Gasteiger charge is -2.34. The number of aliphatic hydroxyl groups excluding tert-OH is 1. The molecule has 2 unspecified atom stereocenters. The Kier molecular flexibility index (Phi) is 5.52. The van der Waals surface area contributed by atoms with E-state index in [0.29, 0.717) is 18.2 Å². The number of hydrogen-bond acceptors (Lipinski definition) is 3. The summed E-state index contributed by atoms with van der Waals surface area (Å²) in [6, 6.07) is 6.08. The topological polar surface area (TPSA) is 40.5 Å². The van der Waals surface area contributed by atoms with E-state index in [-0.39, 0.29) is 12.0 Å². The van der Waals surface area contributed by atoms with Crippen LogP contribution in [0.3, 0.4) is 0 Å². The highest BCUT2D eigenvalue weighted by Crippen LogP contribution is 2.26. The first kappa shape index (κ1) is 15.9. The normalized spacial score (nSPS) is 22.9. The monoisotopic (exact) mass is 357 g/mol. The van der Waals surface area contributed by atoms with Gasteiger partial charge in [0.15, 0.2) is 0 Å². The molecule has 1 amide bonds. The van der Waals surface area contributed by atoms with E-state index in [4.69, 9.17) is 0 Å². The lowest BCUT2D eigenvalue weighted by atomic mass is 9.96. The molecular formula is C15H20BrNO2S. The van der Waals surface area contributed by atoms with Crippen LogP contribution in [0.4, 0.5) is 0 Å². The van der Waals surface area contributed by atoms with Gasteiger partial charge in [0.25, 0.3) is 0 Å². The van der Waals surface area contributed by atoms with E-state index in [1.165, 1.54) is 5.56 Å². The molecule has 1 aliphatic rings. The van der Waals surface area contributed by atoms with Crippen LogP contribution in [0.2, 0.25) is 0 Å². The van der Waals surface area contributed by atoms with Crippen molar-refractivity contribution in [1.82, 2.24) is 4.90 Å². The summed E-state index contributed by atoms with van der Waals surface area (Å²) in [5.74, 6) is 0.840. The zero-order valence-corrected chi connectivity index (χ0v) is 14.2. The summed E-state index contributed by atoms with van der Waals surface area (Å²) >= 11 is 5.00. The SMILES string of the molecule is Cc1cc(Br)ccc1SCC(=O)N1CCC(C)C(O)C1. The molecule has 0 aliphatic carbocycles. The molecule has 1 aromatic rings. The molecule has 1 saturated heterocycles. The largest absolute Gasteiger partial charge is 0.391 e. The molecule has 0 radical (unpaired) electrons. The Morgan fingerprint density at radius 3 is 2.95 bits per heavy atom. The summed E-state index contributed by atoms with van der Waals surface area (Å²) in [6.45, 7) is 5.31. The minimum Gasteiger partial charge on any atom is -0.391 e. The number of benzene rings is 1. The Morgan fingerprint density at radius 1 is 1.55 bits per heavy atom. The van der Waals surface area contributed by atoms with Gasteiger partial charge in [-0.3, -0.25) is 4.79 Å². The summed E-state index contributed by atoms with van der Waals surface area (Å²) < 4.78 is 1.05. The van der Waals surface area contributed by atoms with Crippen LogP contribution in [-0.2, 0) is 4.79 Å². The number of piperidine rings is 1. The van der Waals surface area contributed by atoms with Crippen LogP contribution in [0.25, 0.3) is 0 Å². The Labute approximate surface area is 132 Å². The number of nitrogens with zero attached hydrogens (tertiary/aromatic N) is 1. The maximum atomic E-state index is 12.2. The van der Waals surface area contributed by atoms with Gasteiger partial charge >= 0.3 is 0 Å². The number of carbonyl (C=O) groups excluding carboxylic acids is 1. The van der Waals surface area contributed by atoms with Crippen molar-refractivity contribution in [3.63, 3.8) is 0 Å². The molecule has 110 valence electrons. The van der Waals surface area contributed by atoms with Gasteiger partial charge in [0.1, 0.15) is 0 Å². The molecule has 1 N–H and O–H groups in total. The molecule has 0 spiro atoms. The van der Waals surface area contributed by atoms with Gasteiger partial charge < -0.3 is 10.0 Å². The number of aryl methyl sites for hydroxylation is 1. The summed E-state index contributed by atoms with van der Waals surface area (Å²) in [7, 11) is 0. The Bertz CT molecular complexity index is 495. The minimum absolute atomic E-state index is 0.114. The maximum absolute atomic E-state index is 12.2. The lowest BCUT2D eigenvalue weighted by Crippen LogP contribution is -2.46. The second kappa shape index (κ2) is 6.96. The van der Waals surface area contributed by atoms with E-state index in [2.05, 4.69) is 22.0 Å². The second-order valence-electron chi connectivity index (χ2n) is 5.37. The van der Waals surface area contributed by atoms with Gasteiger partial charge in [-0.2, -0.15) is 0 Å². The van der Waals surface area contributed by atoms with E-state index in [9.17, 15) is 9.90 Å². The van der Waals surface area contributed by atoms with Gasteiger partial charge in [-0.15, -0.1) is 11.8 Å². The average Bonchev–Trinajstić information content (AvgIpc) is 2.40. The molecule has 0 bridgehead atoms. The lowest BCUT2D eigenvalue weighted by molar-refractivity contribution is -0.132. The molecule has 3 nitrogen and oxygen atoms in total. The smallest absolute Gasteiger partial charge is 0.233 e. The van der Waals surface area contributed by atoms with E-state index >= 15 is 0 Å². The maximum Gasteiger partial charge on any atom is 0.233 e. The molecule has 1 aliphatic heterocycles. The van der Waals surface area contributed by atoms with E-state index < -0.39 is 0 Å². The van der Waals surface area contributed by atoms with Crippen molar-refractivity contribution >= 4 is 33.6 Å². The van der Waals surface area contributed by atoms with Crippen molar-refractivity contribution in [1.29, 1.82) is 0 Å². The first-order valence-corrected chi connectivity index (χ1v) is 8.60. The molecule has 2 atom stereocenters. The van der Waals surface area contributed by atoms with Crippen molar-refractivity contribution in [2.75, 3.05) is 18.8 Å². The Morgan fingerprint density at radius 2 is 2.30 bits per heavy atom. The second-order valence-corrected chi connectivity index (χ2v) is 7.30. The van der Waals surface area contributed by atoms with Crippen molar-refractivity contribution < 1.29 is 9.90 Å². The molecule has 0 aromatic heterocycles. The Balaban J connectivity index is 1.89. The number of halogens is 1. The molecule has 2 rings (SSSR count). The quantitative estimate of drug-likeness (QED) is 0.845. The molecule has 1 fully saturated rings. The van der Waals surface area contributed by atoms with Crippen LogP contribution < -0.4 is 0 Å². The number of aliphatic hydroxyl groups is 1. The summed E-state index contributed by atoms with van der Waals surface area (Å²) in [6.07, 6.45) is 0.502. The van der Waals surface area contributed by atoms with Crippen LogP contribution in [0.1, 0.15) is 18.9 Å². The van der Waals surface area contributed by atoms with Gasteiger partial charge in [-0.1, -0.05) is 22.9 Å². The molecule has 0 saturated carbocycles. The van der Waals surface area contributed by atoms with Gasteiger partial charge in [0.05, 0.1) is 11.9 Å². The number of thioether (sulfide) groups is 1. The van der Waals surface area contributed by atoms with Gasteiger partial charge in [0.2, 0.25) is 5.91 Å². The van der Waals surface area contributed by atoms with E-state index in [1.807, 2.05) is 26.0 Å². The number of rotatable bonds is 3. The molecular weight excluding hydrogens is 338 g/mol. The van der Waals surface area contributed by atoms with Gasteiger partial charge in [-0.05, 0) is 43.0 Å². The van der Waals surface area contributed by atoms with Crippen molar-refractivity contribution in [3.8, 4) is 0 Å². The highest BCUT2D eigenvalue weighted by atomic mass is 79.9. The predicted molar refractivity (Wildman–Crippen MR) is 86.0 cm³/mol. The van der Waals surface area contributed by atoms with Crippen LogP contribution in [0.5, 0.6) is 0 Å². The fourth-order valence-electron chi connectivity index (χ4n) is 2.28. The van der Waals surface area contributed by atoms with E-state index in [0.717, 1.165) is 22.3 Å². The minimum atomic E-state index is -0.382. The van der Waals surface area contributed by atoms with Crippen molar-refractivity contribution in [2.45, 2.75) is 31.3 Å². The number of β-amino-alcohol motifs (C(OH)–C–C–N with tert-alkyl or cyclic N) is 1. The van der Waals surface area contributed by atoms with Crippen molar-refractivity contribution in [3.05, 3.63) is 28.2 Å². The third-order valence-corrected chi connectivity index (χ3v) is 5.41. The summed E-state index contributed by atoms with van der Waals surface area (Å²) in [5.41, 5.74) is 1.17. The zero-order valence-electron chi connectivity index (χ0n) is 11.8. The van der Waals surface area contributed by atoms with Crippen molar-refractivity contribution in [2.24, 2.45) is 5.92 Å². The van der Waals surface area contributed by atoms with Crippen LogP contribution >= 0.6 is 27.7 Å². The van der Waals surface area contributed by atoms with Crippen LogP contribution in [-0.4, -0.2) is 40.9 Å². The standard InChI is InChI=1S/C15H20BrNO2S/c1-10-5-6-17(8-13(10)18)15(19)9-20-14-4-3-12(16)7-11(14)2/h3-4,7,10,13,18H,5-6,8-9H2,1-2H3. The molecule has 1 heterocycles. The third-order valence-electron chi connectivity index (χ3n) is 3.76. The number of likely N-dealkylation sites (tertiary alicyclic amines) is 1. The number of hydrogen-bond donors (Lipinski definition) is 1.